The lowest BCUT2D eigenvalue weighted by Crippen LogP contribution is -2.45. The number of nitrogens with zero attached hydrogens (tertiary/aromatic N) is 6. The average molecular weight is 399 g/mol. The van der Waals surface area contributed by atoms with E-state index in [4.69, 9.17) is 5.73 Å². The molecule has 29 heavy (non-hydrogen) atoms. The molecule has 0 aliphatic heterocycles. The molecule has 11 nitrogen and oxygen atoms in total. The normalized spacial score (nSPS) is 18.7. The van der Waals surface area contributed by atoms with Gasteiger partial charge in [-0.2, -0.15) is 10.1 Å². The molecule has 1 unspecified atom stereocenters. The van der Waals surface area contributed by atoms with E-state index in [1.165, 1.54) is 6.08 Å². The Hall–Kier alpha value is -3.50. The smallest absolute Gasteiger partial charge is 0.273 e. The zero-order valence-corrected chi connectivity index (χ0v) is 16.5. The standard InChI is InChI=1S/C18H25N9O2/c1-4-14(28)21-11-6-5-7-13(8-11)27(3)18-23-17(15(16(19)29)24-25-18)22-12-9-20-26(2)10-12/h4,9-11,13H,1,5-8H2,2-3H3,(H2,19,29)(H,21,28)(H,22,23,25)/t11?,13-/m1/s1. The van der Waals surface area contributed by atoms with E-state index in [-0.39, 0.29) is 29.5 Å². The maximum atomic E-state index is 11.7. The highest BCUT2D eigenvalue weighted by atomic mass is 16.2. The molecule has 0 spiro atoms. The summed E-state index contributed by atoms with van der Waals surface area (Å²) in [6.07, 6.45) is 8.18. The van der Waals surface area contributed by atoms with Crippen molar-refractivity contribution < 1.29 is 9.59 Å². The van der Waals surface area contributed by atoms with Crippen molar-refractivity contribution in [1.82, 2.24) is 30.3 Å². The van der Waals surface area contributed by atoms with Gasteiger partial charge in [-0.15, -0.1) is 10.2 Å². The van der Waals surface area contributed by atoms with Crippen molar-refractivity contribution in [1.29, 1.82) is 0 Å². The van der Waals surface area contributed by atoms with Gasteiger partial charge in [-0.3, -0.25) is 14.3 Å². The van der Waals surface area contributed by atoms with Gasteiger partial charge in [0.2, 0.25) is 11.9 Å². The van der Waals surface area contributed by atoms with Gasteiger partial charge in [-0.1, -0.05) is 6.58 Å². The molecule has 2 heterocycles. The number of nitrogens with two attached hydrogens (primary N) is 1. The van der Waals surface area contributed by atoms with Crippen LogP contribution in [-0.2, 0) is 11.8 Å². The molecule has 3 rings (SSSR count). The Morgan fingerprint density at radius 2 is 2.17 bits per heavy atom. The molecule has 0 saturated heterocycles. The van der Waals surface area contributed by atoms with E-state index in [0.29, 0.717) is 11.6 Å². The molecule has 0 bridgehead atoms. The number of aryl methyl sites for hydroxylation is 1. The van der Waals surface area contributed by atoms with E-state index in [1.807, 2.05) is 11.9 Å². The van der Waals surface area contributed by atoms with Gasteiger partial charge in [0, 0.05) is 32.4 Å². The lowest BCUT2D eigenvalue weighted by Gasteiger charge is -2.35. The molecule has 4 N–H and O–H groups in total. The van der Waals surface area contributed by atoms with Crippen LogP contribution in [0, 0.1) is 0 Å². The zero-order chi connectivity index (χ0) is 21.0. The van der Waals surface area contributed by atoms with Crippen LogP contribution < -0.4 is 21.3 Å². The maximum absolute atomic E-state index is 11.7. The summed E-state index contributed by atoms with van der Waals surface area (Å²) in [5.74, 6) is -0.322. The highest BCUT2D eigenvalue weighted by molar-refractivity contribution is 5.96. The van der Waals surface area contributed by atoms with Crippen molar-refractivity contribution in [2.45, 2.75) is 37.8 Å². The third kappa shape index (κ3) is 4.86. The summed E-state index contributed by atoms with van der Waals surface area (Å²) < 4.78 is 1.62. The van der Waals surface area contributed by atoms with Gasteiger partial charge >= 0.3 is 0 Å². The number of aromatic nitrogens is 5. The number of primary amides is 1. The molecule has 1 aliphatic carbocycles. The molecule has 1 aliphatic rings. The topological polar surface area (TPSA) is 144 Å². The molecular weight excluding hydrogens is 374 g/mol. The number of carbonyl (C=O) groups is 2. The second-order valence-electron chi connectivity index (χ2n) is 7.04. The van der Waals surface area contributed by atoms with Crippen LogP contribution in [-0.4, -0.2) is 55.9 Å². The van der Waals surface area contributed by atoms with Crippen LogP contribution in [0.25, 0.3) is 0 Å². The molecule has 2 aromatic rings. The first kappa shape index (κ1) is 20.2. The molecule has 2 amide bonds. The fraction of sp³-hybridized carbons (Fsp3) is 0.444. The molecule has 2 aromatic heterocycles. The second-order valence-corrected chi connectivity index (χ2v) is 7.04. The first-order valence-corrected chi connectivity index (χ1v) is 9.33. The van der Waals surface area contributed by atoms with Crippen LogP contribution in [0.2, 0.25) is 0 Å². The van der Waals surface area contributed by atoms with Gasteiger partial charge in [-0.05, 0) is 31.8 Å². The highest BCUT2D eigenvalue weighted by Gasteiger charge is 2.28. The molecular formula is C18H25N9O2. The van der Waals surface area contributed by atoms with Crippen LogP contribution in [0.1, 0.15) is 36.2 Å². The minimum atomic E-state index is -0.726. The van der Waals surface area contributed by atoms with Gasteiger partial charge in [-0.25, -0.2) is 0 Å². The van der Waals surface area contributed by atoms with Crippen molar-refractivity contribution >= 4 is 29.3 Å². The Morgan fingerprint density at radius 1 is 1.38 bits per heavy atom. The molecule has 154 valence electrons. The third-order valence-electron chi connectivity index (χ3n) is 4.92. The van der Waals surface area contributed by atoms with E-state index in [2.05, 4.69) is 37.5 Å². The largest absolute Gasteiger partial charge is 0.364 e. The quantitative estimate of drug-likeness (QED) is 0.571. The van der Waals surface area contributed by atoms with Gasteiger partial charge < -0.3 is 21.3 Å². The SMILES string of the molecule is C=CC(=O)NC1CCC[C@@H](N(C)c2nnc(C(N)=O)c(Nc3cnn(C)c3)n2)C1. The average Bonchev–Trinajstić information content (AvgIpc) is 3.11. The minimum absolute atomic E-state index is 0.0502. The Kier molecular flexibility index (Phi) is 6.05. The summed E-state index contributed by atoms with van der Waals surface area (Å²) >= 11 is 0. The zero-order valence-electron chi connectivity index (χ0n) is 16.5. The number of anilines is 3. The Bertz CT molecular complexity index is 910. The highest BCUT2D eigenvalue weighted by Crippen LogP contribution is 2.26. The van der Waals surface area contributed by atoms with Crippen LogP contribution in [0.5, 0.6) is 0 Å². The van der Waals surface area contributed by atoms with Gasteiger partial charge in [0.25, 0.3) is 5.91 Å². The fourth-order valence-electron chi connectivity index (χ4n) is 3.41. The Labute approximate surface area is 168 Å². The Balaban J connectivity index is 1.80. The summed E-state index contributed by atoms with van der Waals surface area (Å²) in [7, 11) is 3.65. The van der Waals surface area contributed by atoms with Crippen LogP contribution >= 0.6 is 0 Å². The molecule has 0 radical (unpaired) electrons. The summed E-state index contributed by atoms with van der Waals surface area (Å²) in [4.78, 5) is 29.7. The van der Waals surface area contributed by atoms with E-state index in [0.717, 1.165) is 25.7 Å². The summed E-state index contributed by atoms with van der Waals surface area (Å²) in [5, 5.41) is 18.1. The Morgan fingerprint density at radius 3 is 2.83 bits per heavy atom. The number of carbonyl (C=O) groups excluding carboxylic acids is 2. The summed E-state index contributed by atoms with van der Waals surface area (Å²) in [6.45, 7) is 3.49. The molecule has 0 aromatic carbocycles. The van der Waals surface area contributed by atoms with Crippen molar-refractivity contribution in [3.63, 3.8) is 0 Å². The van der Waals surface area contributed by atoms with Crippen LogP contribution in [0.3, 0.4) is 0 Å². The monoisotopic (exact) mass is 399 g/mol. The predicted molar refractivity (Wildman–Crippen MR) is 108 cm³/mol. The predicted octanol–water partition coefficient (Wildman–Crippen LogP) is 0.497. The van der Waals surface area contributed by atoms with E-state index < -0.39 is 5.91 Å². The molecule has 11 heteroatoms. The van der Waals surface area contributed by atoms with Crippen LogP contribution in [0.4, 0.5) is 17.5 Å². The number of hydrogen-bond donors (Lipinski definition) is 3. The van der Waals surface area contributed by atoms with Crippen molar-refractivity contribution in [2.75, 3.05) is 17.3 Å². The molecule has 2 atom stereocenters. The van der Waals surface area contributed by atoms with Gasteiger partial charge in [0.15, 0.2) is 11.5 Å². The number of hydrogen-bond acceptors (Lipinski definition) is 8. The maximum Gasteiger partial charge on any atom is 0.273 e. The molecule has 1 fully saturated rings. The van der Waals surface area contributed by atoms with Crippen molar-refractivity contribution in [3.8, 4) is 0 Å². The van der Waals surface area contributed by atoms with E-state index in [1.54, 1.807) is 24.1 Å². The summed E-state index contributed by atoms with van der Waals surface area (Å²) in [6, 6.07) is 0.180. The van der Waals surface area contributed by atoms with Crippen molar-refractivity contribution in [2.24, 2.45) is 12.8 Å². The van der Waals surface area contributed by atoms with E-state index >= 15 is 0 Å². The summed E-state index contributed by atoms with van der Waals surface area (Å²) in [5.41, 5.74) is 6.01. The number of rotatable bonds is 7. The minimum Gasteiger partial charge on any atom is -0.364 e. The lowest BCUT2D eigenvalue weighted by molar-refractivity contribution is -0.117. The molecule has 1 saturated carbocycles. The first-order valence-electron chi connectivity index (χ1n) is 9.33. The lowest BCUT2D eigenvalue weighted by atomic mass is 9.90. The van der Waals surface area contributed by atoms with Crippen LogP contribution in [0.15, 0.2) is 25.0 Å². The third-order valence-corrected chi connectivity index (χ3v) is 4.92. The second kappa shape index (κ2) is 8.67. The number of nitrogens with one attached hydrogen (secondary N) is 2. The van der Waals surface area contributed by atoms with Gasteiger partial charge in [0.05, 0.1) is 11.9 Å². The first-order chi connectivity index (χ1) is 13.9. The van der Waals surface area contributed by atoms with Crippen molar-refractivity contribution in [3.05, 3.63) is 30.7 Å². The number of amides is 2. The fourth-order valence-corrected chi connectivity index (χ4v) is 3.41. The van der Waals surface area contributed by atoms with Gasteiger partial charge in [0.1, 0.15) is 0 Å². The van der Waals surface area contributed by atoms with E-state index in [9.17, 15) is 9.59 Å².